The Bertz CT molecular complexity index is 2060. The number of halogens is 1. The number of likely N-dealkylation sites (tertiary alicyclic amines) is 1. The molecule has 11 heteroatoms. The molecule has 3 amide bonds. The lowest BCUT2D eigenvalue weighted by Crippen LogP contribution is -2.45. The molecule has 4 aliphatic heterocycles. The topological polar surface area (TPSA) is 99.6 Å². The summed E-state index contributed by atoms with van der Waals surface area (Å²) >= 11 is 0. The van der Waals surface area contributed by atoms with Crippen molar-refractivity contribution in [3.05, 3.63) is 95.6 Å². The molecule has 2 saturated heterocycles. The summed E-state index contributed by atoms with van der Waals surface area (Å²) in [6.45, 7) is 5.76. The summed E-state index contributed by atoms with van der Waals surface area (Å²) in [5, 5.41) is 11.8. The molecule has 0 bridgehead atoms. The van der Waals surface area contributed by atoms with Gasteiger partial charge < -0.3 is 28.5 Å². The Balaban J connectivity index is 1.11. The van der Waals surface area contributed by atoms with Gasteiger partial charge in [0.1, 0.15) is 5.75 Å². The van der Waals surface area contributed by atoms with Gasteiger partial charge in [0.05, 0.1) is 55.8 Å². The van der Waals surface area contributed by atoms with Gasteiger partial charge in [0.2, 0.25) is 14.3 Å². The number of hydrogen-bond acceptors (Lipinski definition) is 6. The Morgan fingerprint density at radius 2 is 1.78 bits per heavy atom. The van der Waals surface area contributed by atoms with Crippen LogP contribution >= 0.6 is 0 Å². The molecule has 0 saturated carbocycles. The third-order valence-corrected chi connectivity index (χ3v) is 14.0. The van der Waals surface area contributed by atoms with Crippen molar-refractivity contribution in [1.29, 1.82) is 0 Å². The number of amides is 3. The van der Waals surface area contributed by atoms with Crippen LogP contribution in [0.1, 0.15) is 47.7 Å². The number of benzene rings is 4. The molecular formula is C40H42FN3O6Si. The lowest BCUT2D eigenvalue weighted by molar-refractivity contribution is -0.150. The van der Waals surface area contributed by atoms with Crippen LogP contribution in [0.3, 0.4) is 0 Å². The monoisotopic (exact) mass is 707 g/mol. The minimum atomic E-state index is -3.49. The maximum atomic E-state index is 16.4. The number of rotatable bonds is 8. The van der Waals surface area contributed by atoms with Gasteiger partial charge in [-0.3, -0.25) is 19.3 Å². The first-order chi connectivity index (χ1) is 24.5. The van der Waals surface area contributed by atoms with Crippen LogP contribution in [0.25, 0.3) is 10.8 Å². The smallest absolute Gasteiger partial charge is 0.264 e. The molecule has 0 aromatic heterocycles. The number of aliphatic hydroxyl groups is 1. The number of fused-ring (bicyclic) bond motifs is 2. The molecule has 2 fully saturated rings. The average molecular weight is 708 g/mol. The van der Waals surface area contributed by atoms with Crippen molar-refractivity contribution >= 4 is 54.0 Å². The van der Waals surface area contributed by atoms with E-state index in [1.54, 1.807) is 47.0 Å². The molecule has 5 atom stereocenters. The Hall–Kier alpha value is -4.58. The van der Waals surface area contributed by atoms with Crippen LogP contribution in [0, 0.1) is 5.92 Å². The van der Waals surface area contributed by atoms with Crippen LogP contribution in [0.15, 0.2) is 78.9 Å². The Morgan fingerprint density at radius 1 is 1.04 bits per heavy atom. The number of hydrogen-bond donors (Lipinski definition) is 1. The summed E-state index contributed by atoms with van der Waals surface area (Å²) in [7, 11) is -1.93. The average Bonchev–Trinajstić information content (AvgIpc) is 3.85. The fraction of sp³-hybridized carbons (Fsp3) is 0.375. The van der Waals surface area contributed by atoms with Crippen LogP contribution in [0.5, 0.6) is 5.75 Å². The van der Waals surface area contributed by atoms with Crippen LogP contribution in [0.2, 0.25) is 18.6 Å². The van der Waals surface area contributed by atoms with E-state index in [1.807, 2.05) is 73.7 Å². The zero-order valence-corrected chi connectivity index (χ0v) is 30.3. The van der Waals surface area contributed by atoms with Crippen molar-refractivity contribution in [2.45, 2.75) is 69.1 Å². The quantitative estimate of drug-likeness (QED) is 0.159. The molecule has 1 N–H and O–H groups in total. The molecule has 9 nitrogen and oxygen atoms in total. The van der Waals surface area contributed by atoms with Gasteiger partial charge in [0, 0.05) is 34.6 Å². The van der Waals surface area contributed by atoms with E-state index in [0.29, 0.717) is 29.1 Å². The zero-order chi connectivity index (χ0) is 35.8. The molecule has 4 aromatic carbocycles. The number of methoxy groups -OCH3 is 1. The highest BCUT2D eigenvalue weighted by molar-refractivity contribution is 6.72. The maximum absolute atomic E-state index is 16.4. The summed E-state index contributed by atoms with van der Waals surface area (Å²) in [5.74, 6) is -0.588. The second-order valence-electron chi connectivity index (χ2n) is 14.8. The van der Waals surface area contributed by atoms with Crippen LogP contribution in [0.4, 0.5) is 21.2 Å². The number of carbonyl (C=O) groups is 3. The summed E-state index contributed by atoms with van der Waals surface area (Å²) in [6, 6.07) is 24.5. The molecule has 0 radical (unpaired) electrons. The van der Waals surface area contributed by atoms with Crippen molar-refractivity contribution in [3.8, 4) is 5.75 Å². The van der Waals surface area contributed by atoms with Gasteiger partial charge in [-0.05, 0) is 79.3 Å². The van der Waals surface area contributed by atoms with E-state index in [2.05, 4.69) is 0 Å². The molecular weight excluding hydrogens is 666 g/mol. The highest BCUT2D eigenvalue weighted by atomic mass is 28.4. The van der Waals surface area contributed by atoms with Gasteiger partial charge >= 0.3 is 0 Å². The molecule has 0 aliphatic carbocycles. The SMILES string of the molecule is COc1ccc2c(c1)[C@@]1(O[C@H](CC(=O)N3CCC[C@H]3CO)[C@@H]([Si](C)(C)F)[C@@H]1C)C(=O)N2Cc1ccc(N2C(=O)c3cccc4cccc2c34)cc1. The highest BCUT2D eigenvalue weighted by Crippen LogP contribution is 2.61. The van der Waals surface area contributed by atoms with Crippen molar-refractivity contribution in [1.82, 2.24) is 4.90 Å². The molecule has 0 unspecified atom stereocenters. The first-order valence-corrected chi connectivity index (χ1v) is 20.7. The minimum Gasteiger partial charge on any atom is -0.497 e. The third-order valence-electron chi connectivity index (χ3n) is 11.5. The van der Waals surface area contributed by atoms with Gasteiger partial charge in [0.15, 0.2) is 5.60 Å². The van der Waals surface area contributed by atoms with E-state index in [9.17, 15) is 19.5 Å². The molecule has 264 valence electrons. The predicted molar refractivity (Wildman–Crippen MR) is 196 cm³/mol. The molecule has 4 aromatic rings. The maximum Gasteiger partial charge on any atom is 0.264 e. The second-order valence-corrected chi connectivity index (χ2v) is 18.6. The first-order valence-electron chi connectivity index (χ1n) is 17.7. The number of aliphatic hydroxyl groups excluding tert-OH is 1. The predicted octanol–water partition coefficient (Wildman–Crippen LogP) is 6.84. The van der Waals surface area contributed by atoms with Gasteiger partial charge in [0.25, 0.3) is 11.8 Å². The van der Waals surface area contributed by atoms with E-state index in [0.717, 1.165) is 40.6 Å². The Labute approximate surface area is 297 Å². The van der Waals surface area contributed by atoms with E-state index >= 15 is 4.11 Å². The molecule has 8 rings (SSSR count). The van der Waals surface area contributed by atoms with Crippen LogP contribution in [-0.2, 0) is 26.5 Å². The van der Waals surface area contributed by atoms with E-state index < -0.39 is 31.6 Å². The minimum absolute atomic E-state index is 0.0611. The van der Waals surface area contributed by atoms with Gasteiger partial charge in [-0.15, -0.1) is 0 Å². The van der Waals surface area contributed by atoms with E-state index in [-0.39, 0.29) is 43.3 Å². The number of carbonyl (C=O) groups excluding carboxylic acids is 3. The molecule has 51 heavy (non-hydrogen) atoms. The fourth-order valence-electron chi connectivity index (χ4n) is 9.26. The van der Waals surface area contributed by atoms with Crippen molar-refractivity contribution in [3.63, 3.8) is 0 Å². The van der Waals surface area contributed by atoms with Crippen LogP contribution in [-0.4, -0.2) is 68.5 Å². The number of nitrogens with zero attached hydrogens (tertiary/aromatic N) is 3. The highest BCUT2D eigenvalue weighted by Gasteiger charge is 2.67. The largest absolute Gasteiger partial charge is 0.497 e. The van der Waals surface area contributed by atoms with Gasteiger partial charge in [-0.1, -0.05) is 43.3 Å². The van der Waals surface area contributed by atoms with Gasteiger partial charge in [-0.25, -0.2) is 0 Å². The normalized spacial score (nSPS) is 25.5. The van der Waals surface area contributed by atoms with Gasteiger partial charge in [-0.2, -0.15) is 0 Å². The lowest BCUT2D eigenvalue weighted by atomic mass is 9.82. The summed E-state index contributed by atoms with van der Waals surface area (Å²) in [6.07, 6.45) is 0.651. The molecule has 1 spiro atoms. The Morgan fingerprint density at radius 3 is 2.49 bits per heavy atom. The van der Waals surface area contributed by atoms with Crippen molar-refractivity contribution in [2.75, 3.05) is 30.1 Å². The van der Waals surface area contributed by atoms with E-state index in [1.165, 1.54) is 0 Å². The number of ether oxygens (including phenoxy) is 2. The summed E-state index contributed by atoms with van der Waals surface area (Å²) < 4.78 is 28.8. The van der Waals surface area contributed by atoms with E-state index in [4.69, 9.17) is 9.47 Å². The Kier molecular flexibility index (Phi) is 8.08. The van der Waals surface area contributed by atoms with Crippen molar-refractivity contribution in [2.24, 2.45) is 5.92 Å². The molecule has 4 heterocycles. The third kappa shape index (κ3) is 5.11. The summed E-state index contributed by atoms with van der Waals surface area (Å²) in [4.78, 5) is 47.1. The molecule has 4 aliphatic rings. The summed E-state index contributed by atoms with van der Waals surface area (Å²) in [5.41, 5.74) is 2.19. The van der Waals surface area contributed by atoms with Crippen molar-refractivity contribution < 1.29 is 33.1 Å². The first kappa shape index (κ1) is 33.6. The van der Waals surface area contributed by atoms with Crippen LogP contribution < -0.4 is 14.5 Å². The second kappa shape index (κ2) is 12.3. The standard InChI is InChI=1S/C40H42FN3O6Si/c1-24-37(51(3,4)41)34(21-35(46)42-19-7-10-28(42)23-45)50-40(24)31-20-29(49-2)17-18-32(31)43(39(40)48)22-25-13-15-27(16-14-25)44-33-12-6-9-26-8-5-11-30(36(26)33)38(44)47/h5-6,8-9,11-18,20,24,28,34,37,45H,7,10,19,21-23H2,1-4H3/t24-,28-,34+,37-,40+/m0/s1. The number of anilines is 3. The lowest BCUT2D eigenvalue weighted by Gasteiger charge is -2.31. The fourth-order valence-corrected chi connectivity index (χ4v) is 11.8. The zero-order valence-electron chi connectivity index (χ0n) is 29.3.